The molecule has 0 radical (unpaired) electrons. The van der Waals surface area contributed by atoms with E-state index >= 15 is 0 Å². The van der Waals surface area contributed by atoms with E-state index in [1.54, 1.807) is 18.3 Å². The molecular formula is C14H12ClN3O. The van der Waals surface area contributed by atoms with Gasteiger partial charge < -0.3 is 10.6 Å². The third-order valence-electron chi connectivity index (χ3n) is 3.07. The highest BCUT2D eigenvalue weighted by molar-refractivity contribution is 6.29. The highest BCUT2D eigenvalue weighted by Gasteiger charge is 2.13. The fourth-order valence-corrected chi connectivity index (χ4v) is 2.29. The Morgan fingerprint density at radius 1 is 1.32 bits per heavy atom. The van der Waals surface area contributed by atoms with Crippen LogP contribution in [0.5, 0.6) is 0 Å². The van der Waals surface area contributed by atoms with Crippen molar-refractivity contribution in [2.45, 2.75) is 6.42 Å². The summed E-state index contributed by atoms with van der Waals surface area (Å²) in [4.78, 5) is 16.0. The first-order valence-electron chi connectivity index (χ1n) is 6.02. The Bertz CT molecular complexity index is 642. The summed E-state index contributed by atoms with van der Waals surface area (Å²) in [6.07, 6.45) is 2.57. The molecule has 0 atom stereocenters. The van der Waals surface area contributed by atoms with Crippen molar-refractivity contribution in [2.75, 3.05) is 17.2 Å². The van der Waals surface area contributed by atoms with Gasteiger partial charge in [-0.25, -0.2) is 4.98 Å². The van der Waals surface area contributed by atoms with Crippen molar-refractivity contribution in [1.29, 1.82) is 0 Å². The van der Waals surface area contributed by atoms with Crippen LogP contribution in [0.3, 0.4) is 0 Å². The highest BCUT2D eigenvalue weighted by Crippen LogP contribution is 2.23. The van der Waals surface area contributed by atoms with E-state index in [0.717, 1.165) is 18.7 Å². The number of carbonyl (C=O) groups excluding carboxylic acids is 1. The minimum atomic E-state index is -0.154. The van der Waals surface area contributed by atoms with Gasteiger partial charge in [0, 0.05) is 29.7 Å². The predicted octanol–water partition coefficient (Wildman–Crippen LogP) is 2.96. The van der Waals surface area contributed by atoms with Gasteiger partial charge in [0.2, 0.25) is 0 Å². The molecule has 1 aliphatic heterocycles. The van der Waals surface area contributed by atoms with E-state index in [-0.39, 0.29) is 5.91 Å². The van der Waals surface area contributed by atoms with Crippen LogP contribution in [0.4, 0.5) is 11.4 Å². The molecule has 1 aromatic heterocycles. The second kappa shape index (κ2) is 4.90. The first kappa shape index (κ1) is 12.0. The van der Waals surface area contributed by atoms with Gasteiger partial charge in [-0.1, -0.05) is 17.7 Å². The largest absolute Gasteiger partial charge is 0.384 e. The topological polar surface area (TPSA) is 54.0 Å². The summed E-state index contributed by atoms with van der Waals surface area (Å²) < 4.78 is 0. The Balaban J connectivity index is 1.81. The lowest BCUT2D eigenvalue weighted by Gasteiger charge is -2.07. The predicted molar refractivity (Wildman–Crippen MR) is 75.8 cm³/mol. The molecule has 5 heteroatoms. The average Bonchev–Trinajstić information content (AvgIpc) is 2.85. The number of fused-ring (bicyclic) bond motifs is 1. The van der Waals surface area contributed by atoms with Crippen LogP contribution in [0.15, 0.2) is 36.5 Å². The van der Waals surface area contributed by atoms with Gasteiger partial charge >= 0.3 is 0 Å². The summed E-state index contributed by atoms with van der Waals surface area (Å²) in [7, 11) is 0. The quantitative estimate of drug-likeness (QED) is 0.827. The number of aromatic nitrogens is 1. The normalized spacial score (nSPS) is 12.7. The molecule has 0 saturated heterocycles. The molecule has 3 rings (SSSR count). The molecule has 1 aliphatic rings. The van der Waals surface area contributed by atoms with Gasteiger partial charge in [0.05, 0.1) is 0 Å². The highest BCUT2D eigenvalue weighted by atomic mass is 35.5. The van der Waals surface area contributed by atoms with Gasteiger partial charge in [0.15, 0.2) is 0 Å². The SMILES string of the molecule is O=C(Nc1ccnc(Cl)c1)c1ccc2c(c1)NCC2. The number of amides is 1. The van der Waals surface area contributed by atoms with Crippen LogP contribution in [0.2, 0.25) is 5.15 Å². The van der Waals surface area contributed by atoms with Crippen molar-refractivity contribution < 1.29 is 4.79 Å². The van der Waals surface area contributed by atoms with Gasteiger partial charge in [-0.3, -0.25) is 4.79 Å². The smallest absolute Gasteiger partial charge is 0.255 e. The number of hydrogen-bond donors (Lipinski definition) is 2. The molecule has 0 aliphatic carbocycles. The van der Waals surface area contributed by atoms with Gasteiger partial charge in [0.25, 0.3) is 5.91 Å². The number of carbonyl (C=O) groups is 1. The van der Waals surface area contributed by atoms with E-state index < -0.39 is 0 Å². The van der Waals surface area contributed by atoms with Crippen LogP contribution >= 0.6 is 11.6 Å². The van der Waals surface area contributed by atoms with Gasteiger partial charge in [-0.2, -0.15) is 0 Å². The zero-order chi connectivity index (χ0) is 13.2. The van der Waals surface area contributed by atoms with Crippen LogP contribution in [0, 0.1) is 0 Å². The fraction of sp³-hybridized carbons (Fsp3) is 0.143. The number of benzene rings is 1. The summed E-state index contributed by atoms with van der Waals surface area (Å²) in [6.45, 7) is 0.931. The van der Waals surface area contributed by atoms with Crippen LogP contribution in [0.1, 0.15) is 15.9 Å². The molecular weight excluding hydrogens is 262 g/mol. The summed E-state index contributed by atoms with van der Waals surface area (Å²) in [6, 6.07) is 9.02. The minimum absolute atomic E-state index is 0.154. The van der Waals surface area contributed by atoms with E-state index in [0.29, 0.717) is 16.4 Å². The molecule has 2 aromatic rings. The molecule has 1 amide bonds. The van der Waals surface area contributed by atoms with Crippen molar-refractivity contribution in [3.8, 4) is 0 Å². The standard InChI is InChI=1S/C14H12ClN3O/c15-13-8-11(4-6-17-13)18-14(19)10-2-1-9-3-5-16-12(9)7-10/h1-2,4,6-8,16H,3,5H2,(H,17,18,19). The molecule has 2 heterocycles. The molecule has 1 aromatic carbocycles. The van der Waals surface area contributed by atoms with Gasteiger partial charge in [-0.05, 0) is 36.2 Å². The minimum Gasteiger partial charge on any atom is -0.384 e. The molecule has 0 saturated carbocycles. The molecule has 0 spiro atoms. The van der Waals surface area contributed by atoms with Gasteiger partial charge in [0.1, 0.15) is 5.15 Å². The summed E-state index contributed by atoms with van der Waals surface area (Å²) in [5, 5.41) is 6.41. The van der Waals surface area contributed by atoms with Gasteiger partial charge in [-0.15, -0.1) is 0 Å². The second-order valence-corrected chi connectivity index (χ2v) is 4.76. The number of hydrogen-bond acceptors (Lipinski definition) is 3. The van der Waals surface area contributed by atoms with Crippen LogP contribution in [-0.4, -0.2) is 17.4 Å². The summed E-state index contributed by atoms with van der Waals surface area (Å²) >= 11 is 5.78. The van der Waals surface area contributed by atoms with Crippen LogP contribution < -0.4 is 10.6 Å². The van der Waals surface area contributed by atoms with Crippen molar-refractivity contribution >= 4 is 28.9 Å². The molecule has 0 fully saturated rings. The van der Waals surface area contributed by atoms with Crippen LogP contribution in [-0.2, 0) is 6.42 Å². The number of pyridine rings is 1. The Hall–Kier alpha value is -2.07. The molecule has 96 valence electrons. The maximum absolute atomic E-state index is 12.1. The van der Waals surface area contributed by atoms with E-state index in [2.05, 4.69) is 15.6 Å². The monoisotopic (exact) mass is 273 g/mol. The summed E-state index contributed by atoms with van der Waals surface area (Å²) in [5.74, 6) is -0.154. The van der Waals surface area contributed by atoms with Crippen molar-refractivity contribution in [2.24, 2.45) is 0 Å². The van der Waals surface area contributed by atoms with Crippen LogP contribution in [0.25, 0.3) is 0 Å². The first-order valence-corrected chi connectivity index (χ1v) is 6.40. The molecule has 19 heavy (non-hydrogen) atoms. The zero-order valence-corrected chi connectivity index (χ0v) is 10.9. The lowest BCUT2D eigenvalue weighted by molar-refractivity contribution is 0.102. The Kier molecular flexibility index (Phi) is 3.09. The van der Waals surface area contributed by atoms with E-state index in [1.165, 1.54) is 5.56 Å². The van der Waals surface area contributed by atoms with Crippen molar-refractivity contribution in [3.05, 3.63) is 52.8 Å². The second-order valence-electron chi connectivity index (χ2n) is 4.37. The van der Waals surface area contributed by atoms with E-state index in [1.807, 2.05) is 18.2 Å². The molecule has 0 unspecified atom stereocenters. The van der Waals surface area contributed by atoms with Crippen molar-refractivity contribution in [1.82, 2.24) is 4.98 Å². The lowest BCUT2D eigenvalue weighted by atomic mass is 10.1. The molecule has 4 nitrogen and oxygen atoms in total. The average molecular weight is 274 g/mol. The maximum atomic E-state index is 12.1. The number of rotatable bonds is 2. The maximum Gasteiger partial charge on any atom is 0.255 e. The number of nitrogens with one attached hydrogen (secondary N) is 2. The lowest BCUT2D eigenvalue weighted by Crippen LogP contribution is -2.12. The first-order chi connectivity index (χ1) is 9.22. The molecule has 2 N–H and O–H groups in total. The molecule has 0 bridgehead atoms. The van der Waals surface area contributed by atoms with Crippen molar-refractivity contribution in [3.63, 3.8) is 0 Å². The number of anilines is 2. The third kappa shape index (κ3) is 2.53. The third-order valence-corrected chi connectivity index (χ3v) is 3.27. The van der Waals surface area contributed by atoms with E-state index in [9.17, 15) is 4.79 Å². The Morgan fingerprint density at radius 2 is 2.21 bits per heavy atom. The van der Waals surface area contributed by atoms with E-state index in [4.69, 9.17) is 11.6 Å². The Morgan fingerprint density at radius 3 is 3.05 bits per heavy atom. The fourth-order valence-electron chi connectivity index (χ4n) is 2.12. The summed E-state index contributed by atoms with van der Waals surface area (Å²) in [5.41, 5.74) is 3.56. The zero-order valence-electron chi connectivity index (χ0n) is 10.1. The number of nitrogens with zero attached hydrogens (tertiary/aromatic N) is 1. The Labute approximate surface area is 115 Å². The number of halogens is 1.